The van der Waals surface area contributed by atoms with Crippen molar-refractivity contribution in [1.82, 2.24) is 9.88 Å². The zero-order valence-electron chi connectivity index (χ0n) is 19.5. The molecule has 2 aromatic rings. The molecule has 7 rings (SSSR count). The van der Waals surface area contributed by atoms with Crippen molar-refractivity contribution in [2.24, 2.45) is 28.6 Å². The fourth-order valence-electron chi connectivity index (χ4n) is 7.57. The second-order valence-electron chi connectivity index (χ2n) is 11.8. The second-order valence-corrected chi connectivity index (χ2v) is 11.8. The van der Waals surface area contributed by atoms with Crippen LogP contribution in [0.15, 0.2) is 24.4 Å². The van der Waals surface area contributed by atoms with Crippen molar-refractivity contribution in [1.29, 1.82) is 0 Å². The minimum Gasteiger partial charge on any atom is -0.494 e. The van der Waals surface area contributed by atoms with Crippen molar-refractivity contribution in [3.63, 3.8) is 0 Å². The van der Waals surface area contributed by atoms with Crippen molar-refractivity contribution < 1.29 is 22.7 Å². The highest BCUT2D eigenvalue weighted by atomic mass is 19.4. The largest absolute Gasteiger partial charge is 0.494 e. The van der Waals surface area contributed by atoms with Crippen LogP contribution in [0.2, 0.25) is 0 Å². The Kier molecular flexibility index (Phi) is 5.00. The molecule has 1 amide bonds. The number of ether oxygens (including phenoxy) is 1. The predicted molar refractivity (Wildman–Crippen MR) is 124 cm³/mol. The van der Waals surface area contributed by atoms with Gasteiger partial charge in [-0.3, -0.25) is 9.69 Å². The lowest BCUT2D eigenvalue weighted by Gasteiger charge is -2.68. The molecular weight excluding hydrogens is 443 g/mol. The van der Waals surface area contributed by atoms with Crippen LogP contribution in [0.1, 0.15) is 45.4 Å². The third kappa shape index (κ3) is 3.97. The van der Waals surface area contributed by atoms with Gasteiger partial charge in [0.1, 0.15) is 5.75 Å². The molecule has 34 heavy (non-hydrogen) atoms. The minimum absolute atomic E-state index is 0.129. The van der Waals surface area contributed by atoms with E-state index >= 15 is 0 Å². The molecule has 8 heteroatoms. The summed E-state index contributed by atoms with van der Waals surface area (Å²) in [7, 11) is 0. The summed E-state index contributed by atoms with van der Waals surface area (Å²) in [6, 6.07) is 5.88. The second kappa shape index (κ2) is 7.64. The van der Waals surface area contributed by atoms with Crippen molar-refractivity contribution in [3.05, 3.63) is 24.4 Å². The van der Waals surface area contributed by atoms with Gasteiger partial charge in [-0.05, 0) is 79.9 Å². The van der Waals surface area contributed by atoms with Gasteiger partial charge >= 0.3 is 6.18 Å². The highest BCUT2D eigenvalue weighted by Crippen LogP contribution is 2.73. The summed E-state index contributed by atoms with van der Waals surface area (Å²) in [5.74, 6) is 2.19. The number of H-pyrrole nitrogens is 1. The van der Waals surface area contributed by atoms with Gasteiger partial charge in [0.05, 0.1) is 24.3 Å². The number of anilines is 1. The number of amides is 1. The Morgan fingerprint density at radius 2 is 1.91 bits per heavy atom. The minimum atomic E-state index is -4.11. The summed E-state index contributed by atoms with van der Waals surface area (Å²) in [6.07, 6.45) is 3.63. The lowest BCUT2D eigenvalue weighted by Crippen LogP contribution is -2.65. The average molecular weight is 476 g/mol. The van der Waals surface area contributed by atoms with Crippen molar-refractivity contribution in [2.75, 3.05) is 31.6 Å². The van der Waals surface area contributed by atoms with Gasteiger partial charge in [0.15, 0.2) is 0 Å². The molecule has 0 radical (unpaired) electrons. The van der Waals surface area contributed by atoms with Gasteiger partial charge < -0.3 is 15.0 Å². The number of fused-ring (bicyclic) bond motifs is 2. The van der Waals surface area contributed by atoms with Gasteiger partial charge in [-0.1, -0.05) is 6.92 Å². The number of halogens is 3. The van der Waals surface area contributed by atoms with Gasteiger partial charge in [0.25, 0.3) is 0 Å². The zero-order valence-corrected chi connectivity index (χ0v) is 19.5. The maximum Gasteiger partial charge on any atom is 0.401 e. The Morgan fingerprint density at radius 3 is 2.56 bits per heavy atom. The fourth-order valence-corrected chi connectivity index (χ4v) is 7.57. The molecule has 0 spiro atoms. The van der Waals surface area contributed by atoms with Crippen LogP contribution in [-0.2, 0) is 4.79 Å². The van der Waals surface area contributed by atoms with E-state index in [1.54, 1.807) is 4.90 Å². The first kappa shape index (κ1) is 22.3. The van der Waals surface area contributed by atoms with Crippen LogP contribution in [0, 0.1) is 28.6 Å². The molecule has 4 aliphatic carbocycles. The summed E-state index contributed by atoms with van der Waals surface area (Å²) in [5.41, 5.74) is 1.99. The van der Waals surface area contributed by atoms with E-state index in [1.165, 1.54) is 0 Å². The molecule has 1 aromatic carbocycles. The smallest absolute Gasteiger partial charge is 0.401 e. The highest BCUT2D eigenvalue weighted by molar-refractivity contribution is 6.05. The van der Waals surface area contributed by atoms with Gasteiger partial charge in [-0.15, -0.1) is 0 Å². The number of nitrogens with zero attached hydrogens (tertiary/aromatic N) is 1. The number of carbonyl (C=O) groups excluding carboxylic acids is 1. The van der Waals surface area contributed by atoms with E-state index < -0.39 is 12.7 Å². The summed E-state index contributed by atoms with van der Waals surface area (Å²) in [5, 5.41) is 4.08. The summed E-state index contributed by atoms with van der Waals surface area (Å²) < 4.78 is 44.0. The lowest BCUT2D eigenvalue weighted by atomic mass is 9.35. The molecule has 2 bridgehead atoms. The topological polar surface area (TPSA) is 57.4 Å². The molecule has 1 unspecified atom stereocenters. The number of nitrogens with one attached hydrogen (secondary N) is 2. The number of aromatic amines is 1. The molecule has 5 nitrogen and oxygen atoms in total. The number of carbonyl (C=O) groups is 1. The molecule has 3 atom stereocenters. The van der Waals surface area contributed by atoms with Crippen molar-refractivity contribution in [3.8, 4) is 5.75 Å². The molecule has 1 aromatic heterocycles. The molecule has 2 N–H and O–H groups in total. The van der Waals surface area contributed by atoms with E-state index in [0.29, 0.717) is 42.9 Å². The Bertz CT molecular complexity index is 1080. The van der Waals surface area contributed by atoms with Gasteiger partial charge in [0, 0.05) is 30.2 Å². The van der Waals surface area contributed by atoms with E-state index in [4.69, 9.17) is 4.74 Å². The van der Waals surface area contributed by atoms with E-state index in [9.17, 15) is 18.0 Å². The molecule has 1 saturated heterocycles. The Morgan fingerprint density at radius 1 is 1.21 bits per heavy atom. The Balaban J connectivity index is 1.00. The van der Waals surface area contributed by atoms with Crippen molar-refractivity contribution >= 4 is 22.5 Å². The van der Waals surface area contributed by atoms with Crippen LogP contribution >= 0.6 is 0 Å². The molecule has 5 fully saturated rings. The van der Waals surface area contributed by atoms with E-state index in [1.807, 2.05) is 24.4 Å². The number of alkyl halides is 3. The van der Waals surface area contributed by atoms with E-state index in [-0.39, 0.29) is 11.3 Å². The summed E-state index contributed by atoms with van der Waals surface area (Å²) in [4.78, 5) is 17.6. The molecule has 4 saturated carbocycles. The fraction of sp³-hybridized carbons (Fsp3) is 0.654. The predicted octanol–water partition coefficient (Wildman–Crippen LogP) is 5.59. The van der Waals surface area contributed by atoms with Crippen LogP contribution in [0.5, 0.6) is 5.75 Å². The standard InChI is InChI=1S/C26H32F3N3O2/c1-24-12-25(13-24,14-24)23(33)31-22-9-30-21-3-2-19(8-20(21)22)34-5-4-16-6-17-10-32(11-18(17)7-16)15-26(27,28)29/h2-3,8-9,16-18,30H,4-7,10-15H2,1H3,(H,31,33)/t16?,17-,18+,24?,25?. The zero-order chi connectivity index (χ0) is 23.7. The molecule has 5 aliphatic rings. The molecule has 184 valence electrons. The van der Waals surface area contributed by atoms with Crippen LogP contribution in [0.4, 0.5) is 18.9 Å². The third-order valence-corrected chi connectivity index (χ3v) is 8.80. The van der Waals surface area contributed by atoms with Crippen molar-refractivity contribution in [2.45, 2.75) is 51.6 Å². The highest BCUT2D eigenvalue weighted by Gasteiger charge is 2.68. The number of rotatable bonds is 7. The molecular formula is C26H32F3N3O2. The maximum atomic E-state index is 12.8. The lowest BCUT2D eigenvalue weighted by molar-refractivity contribution is -0.194. The Labute approximate surface area is 197 Å². The van der Waals surface area contributed by atoms with Crippen LogP contribution in [0.25, 0.3) is 10.9 Å². The number of aromatic nitrogens is 1. The molecule has 2 heterocycles. The van der Waals surface area contributed by atoms with E-state index in [2.05, 4.69) is 17.2 Å². The van der Waals surface area contributed by atoms with Gasteiger partial charge in [-0.2, -0.15) is 13.2 Å². The quantitative estimate of drug-likeness (QED) is 0.549. The molecule has 1 aliphatic heterocycles. The van der Waals surface area contributed by atoms with Crippen LogP contribution in [0.3, 0.4) is 0 Å². The first-order valence-corrected chi connectivity index (χ1v) is 12.4. The van der Waals surface area contributed by atoms with Crippen LogP contribution < -0.4 is 10.1 Å². The Hall–Kier alpha value is -2.22. The summed E-state index contributed by atoms with van der Waals surface area (Å²) in [6.45, 7) is 3.20. The average Bonchev–Trinajstić information content (AvgIpc) is 3.37. The summed E-state index contributed by atoms with van der Waals surface area (Å²) >= 11 is 0. The number of likely N-dealkylation sites (tertiary alicyclic amines) is 1. The van der Waals surface area contributed by atoms with Gasteiger partial charge in [-0.25, -0.2) is 0 Å². The maximum absolute atomic E-state index is 12.8. The number of hydrogen-bond donors (Lipinski definition) is 2. The van der Waals surface area contributed by atoms with Crippen LogP contribution in [-0.4, -0.2) is 48.2 Å². The number of hydrogen-bond acceptors (Lipinski definition) is 3. The van der Waals surface area contributed by atoms with Gasteiger partial charge in [0.2, 0.25) is 5.91 Å². The number of benzene rings is 1. The normalized spacial score (nSPS) is 34.5. The SMILES string of the molecule is CC12CC(C(=O)Nc3c[nH]c4ccc(OCCC5C[C@@H]6CN(CC(F)(F)F)C[C@@H]6C5)cc34)(C1)C2. The third-order valence-electron chi connectivity index (χ3n) is 8.80. The first-order chi connectivity index (χ1) is 16.1. The first-order valence-electron chi connectivity index (χ1n) is 12.4. The van der Waals surface area contributed by atoms with E-state index in [0.717, 1.165) is 60.9 Å². The monoisotopic (exact) mass is 475 g/mol.